The van der Waals surface area contributed by atoms with Crippen LogP contribution in [0.5, 0.6) is 0 Å². The van der Waals surface area contributed by atoms with Gasteiger partial charge in [-0.2, -0.15) is 0 Å². The Kier molecular flexibility index (Phi) is 10.5. The number of nitrogens with zero attached hydrogens (tertiary/aromatic N) is 2. The van der Waals surface area contributed by atoms with E-state index >= 15 is 0 Å². The van der Waals surface area contributed by atoms with Gasteiger partial charge in [-0.15, -0.1) is 0 Å². The zero-order chi connectivity index (χ0) is 25.3. The topological polar surface area (TPSA) is 86.8 Å². The van der Waals surface area contributed by atoms with Crippen molar-refractivity contribution in [3.8, 4) is 0 Å². The molecule has 2 amide bonds. The first-order valence-corrected chi connectivity index (χ1v) is 13.2. The fourth-order valence-electron chi connectivity index (χ4n) is 3.35. The predicted molar refractivity (Wildman–Crippen MR) is 135 cm³/mol. The number of hydrogen-bond donors (Lipinski definition) is 1. The van der Waals surface area contributed by atoms with Crippen LogP contribution in [0, 0.1) is 0 Å². The quantitative estimate of drug-likeness (QED) is 0.469. The summed E-state index contributed by atoms with van der Waals surface area (Å²) in [6.07, 6.45) is 1.19. The summed E-state index contributed by atoms with van der Waals surface area (Å²) < 4.78 is 26.7. The van der Waals surface area contributed by atoms with E-state index in [1.807, 2.05) is 26.0 Å². The molecule has 0 aliphatic heterocycles. The van der Waals surface area contributed by atoms with Gasteiger partial charge >= 0.3 is 0 Å². The monoisotopic (exact) mass is 507 g/mol. The average Bonchev–Trinajstić information content (AvgIpc) is 2.83. The van der Waals surface area contributed by atoms with Crippen molar-refractivity contribution in [3.63, 3.8) is 0 Å². The van der Waals surface area contributed by atoms with Crippen LogP contribution < -0.4 is 5.32 Å². The second-order valence-corrected chi connectivity index (χ2v) is 10.8. The van der Waals surface area contributed by atoms with E-state index in [2.05, 4.69) is 5.32 Å². The van der Waals surface area contributed by atoms with E-state index in [1.165, 1.54) is 16.3 Å². The van der Waals surface area contributed by atoms with E-state index in [0.29, 0.717) is 11.4 Å². The Bertz CT molecular complexity index is 1060. The minimum Gasteiger partial charge on any atom is -0.352 e. The Morgan fingerprint density at radius 2 is 1.65 bits per heavy atom. The lowest BCUT2D eigenvalue weighted by Crippen LogP contribution is -2.49. The molecule has 2 atom stereocenters. The van der Waals surface area contributed by atoms with E-state index in [9.17, 15) is 18.0 Å². The van der Waals surface area contributed by atoms with Gasteiger partial charge in [-0.25, -0.2) is 12.7 Å². The number of rotatable bonds is 12. The lowest BCUT2D eigenvalue weighted by Gasteiger charge is -2.30. The average molecular weight is 508 g/mol. The van der Waals surface area contributed by atoms with Crippen LogP contribution in [0.3, 0.4) is 0 Å². The third-order valence-corrected chi connectivity index (χ3v) is 8.02. The van der Waals surface area contributed by atoms with Crippen LogP contribution in [0.15, 0.2) is 59.5 Å². The van der Waals surface area contributed by atoms with Gasteiger partial charge in [0.2, 0.25) is 21.8 Å². The van der Waals surface area contributed by atoms with Crippen molar-refractivity contribution >= 4 is 33.4 Å². The molecule has 0 unspecified atom stereocenters. The van der Waals surface area contributed by atoms with Crippen molar-refractivity contribution in [1.82, 2.24) is 14.5 Å². The number of carbonyl (C=O) groups is 2. The summed E-state index contributed by atoms with van der Waals surface area (Å²) in [7, 11) is -2.13. The lowest BCUT2D eigenvalue weighted by atomic mass is 10.1. The molecule has 9 heteroatoms. The number of carbonyl (C=O) groups excluding carboxylic acids is 2. The van der Waals surface area contributed by atoms with Crippen LogP contribution in [0.25, 0.3) is 0 Å². The molecule has 1 N–H and O–H groups in total. The first kappa shape index (κ1) is 27.8. The Balaban J connectivity index is 2.10. The molecule has 7 nitrogen and oxygen atoms in total. The highest BCUT2D eigenvalue weighted by Crippen LogP contribution is 2.20. The van der Waals surface area contributed by atoms with Crippen molar-refractivity contribution in [2.75, 3.05) is 13.6 Å². The van der Waals surface area contributed by atoms with Crippen molar-refractivity contribution in [1.29, 1.82) is 0 Å². The van der Waals surface area contributed by atoms with Crippen LogP contribution >= 0.6 is 11.6 Å². The standard InChI is InChI=1S/C25H34ClN3O4S/c1-5-19(2)27-25(31)20(3)29(18-21-12-9-10-15-23(21)26)24(30)16-11-17-28(4)34(32,33)22-13-7-6-8-14-22/h6-10,12-15,19-20H,5,11,16-18H2,1-4H3,(H,27,31)/t19-,20+/m0/s1. The Morgan fingerprint density at radius 1 is 1.03 bits per heavy atom. The van der Waals surface area contributed by atoms with E-state index < -0.39 is 16.1 Å². The highest BCUT2D eigenvalue weighted by atomic mass is 35.5. The predicted octanol–water partition coefficient (Wildman–Crippen LogP) is 4.07. The minimum absolute atomic E-state index is 0.0101. The zero-order valence-corrected chi connectivity index (χ0v) is 21.8. The summed E-state index contributed by atoms with van der Waals surface area (Å²) in [5.41, 5.74) is 0.740. The van der Waals surface area contributed by atoms with Crippen LogP contribution in [0.4, 0.5) is 0 Å². The molecule has 0 saturated carbocycles. The number of sulfonamides is 1. The maximum Gasteiger partial charge on any atom is 0.242 e. The van der Waals surface area contributed by atoms with Crippen LogP contribution in [-0.4, -0.2) is 55.1 Å². The molecule has 0 spiro atoms. The minimum atomic E-state index is -3.63. The molecule has 2 aromatic rings. The number of halogens is 1. The van der Waals surface area contributed by atoms with E-state index in [1.54, 1.807) is 49.4 Å². The fourth-order valence-corrected chi connectivity index (χ4v) is 4.77. The summed E-state index contributed by atoms with van der Waals surface area (Å²) in [5, 5.41) is 3.44. The summed E-state index contributed by atoms with van der Waals surface area (Å²) in [6.45, 7) is 5.94. The Hall–Kier alpha value is -2.42. The van der Waals surface area contributed by atoms with Crippen molar-refractivity contribution in [3.05, 3.63) is 65.2 Å². The molecule has 186 valence electrons. The molecular formula is C25H34ClN3O4S. The van der Waals surface area contributed by atoms with Gasteiger partial charge in [0.05, 0.1) is 4.90 Å². The summed E-state index contributed by atoms with van der Waals surface area (Å²) in [5.74, 6) is -0.476. The number of nitrogens with one attached hydrogen (secondary N) is 1. The SMILES string of the molecule is CC[C@H](C)NC(=O)[C@@H](C)N(Cc1ccccc1Cl)C(=O)CCCN(C)S(=O)(=O)c1ccccc1. The van der Waals surface area contributed by atoms with E-state index in [0.717, 1.165) is 12.0 Å². The number of benzene rings is 2. The normalized spacial score (nSPS) is 13.4. The van der Waals surface area contributed by atoms with Gasteiger partial charge in [-0.3, -0.25) is 9.59 Å². The van der Waals surface area contributed by atoms with Crippen LogP contribution in [0.2, 0.25) is 5.02 Å². The largest absolute Gasteiger partial charge is 0.352 e. The first-order valence-electron chi connectivity index (χ1n) is 11.4. The molecule has 2 rings (SSSR count). The van der Waals surface area contributed by atoms with E-state index in [4.69, 9.17) is 11.6 Å². The number of amides is 2. The van der Waals surface area contributed by atoms with Crippen molar-refractivity contribution in [2.24, 2.45) is 0 Å². The molecule has 0 saturated heterocycles. The summed E-state index contributed by atoms with van der Waals surface area (Å²) >= 11 is 6.31. The molecule has 0 radical (unpaired) electrons. The van der Waals surface area contributed by atoms with Gasteiger partial charge < -0.3 is 10.2 Å². The van der Waals surface area contributed by atoms with Gasteiger partial charge in [0, 0.05) is 37.6 Å². The second kappa shape index (κ2) is 12.9. The van der Waals surface area contributed by atoms with Gasteiger partial charge in [0.15, 0.2) is 0 Å². The number of hydrogen-bond acceptors (Lipinski definition) is 4. The molecular weight excluding hydrogens is 474 g/mol. The smallest absolute Gasteiger partial charge is 0.242 e. The molecule has 2 aromatic carbocycles. The lowest BCUT2D eigenvalue weighted by molar-refractivity contribution is -0.141. The van der Waals surface area contributed by atoms with Gasteiger partial charge in [-0.05, 0) is 50.5 Å². The highest BCUT2D eigenvalue weighted by molar-refractivity contribution is 7.89. The van der Waals surface area contributed by atoms with Gasteiger partial charge in [0.25, 0.3) is 0 Å². The summed E-state index contributed by atoms with van der Waals surface area (Å²) in [4.78, 5) is 27.7. The maximum absolute atomic E-state index is 13.2. The van der Waals surface area contributed by atoms with Crippen LogP contribution in [-0.2, 0) is 26.2 Å². The van der Waals surface area contributed by atoms with Crippen molar-refractivity contribution in [2.45, 2.75) is 63.6 Å². The first-order chi connectivity index (χ1) is 16.1. The maximum atomic E-state index is 13.2. The molecule has 34 heavy (non-hydrogen) atoms. The molecule has 0 aliphatic carbocycles. The van der Waals surface area contributed by atoms with Crippen LogP contribution in [0.1, 0.15) is 45.6 Å². The van der Waals surface area contributed by atoms with E-state index in [-0.39, 0.29) is 42.3 Å². The zero-order valence-electron chi connectivity index (χ0n) is 20.2. The fraction of sp³-hybridized carbons (Fsp3) is 0.440. The Labute approximate surface area is 208 Å². The molecule has 0 aliphatic rings. The summed E-state index contributed by atoms with van der Waals surface area (Å²) in [6, 6.07) is 14.7. The Morgan fingerprint density at radius 3 is 2.26 bits per heavy atom. The van der Waals surface area contributed by atoms with Gasteiger partial charge in [-0.1, -0.05) is 54.9 Å². The molecule has 0 fully saturated rings. The van der Waals surface area contributed by atoms with Gasteiger partial charge in [0.1, 0.15) is 6.04 Å². The highest BCUT2D eigenvalue weighted by Gasteiger charge is 2.27. The van der Waals surface area contributed by atoms with Crippen molar-refractivity contribution < 1.29 is 18.0 Å². The second-order valence-electron chi connectivity index (χ2n) is 8.35. The molecule has 0 bridgehead atoms. The molecule has 0 heterocycles. The third-order valence-electron chi connectivity index (χ3n) is 5.78. The molecule has 0 aromatic heterocycles. The third kappa shape index (κ3) is 7.55.